The van der Waals surface area contributed by atoms with Crippen LogP contribution in [0.2, 0.25) is 0 Å². The number of fused-ring (bicyclic) bond motifs is 2. The fourth-order valence-electron chi connectivity index (χ4n) is 5.22. The van der Waals surface area contributed by atoms with E-state index in [-0.39, 0.29) is 24.1 Å². The molecule has 7 heteroatoms. The van der Waals surface area contributed by atoms with E-state index in [9.17, 15) is 9.90 Å². The molecule has 0 atom stereocenters. The molecule has 4 aromatic rings. The number of hydrogen-bond acceptors (Lipinski definition) is 5. The van der Waals surface area contributed by atoms with Crippen molar-refractivity contribution in [3.8, 4) is 34.1 Å². The lowest BCUT2D eigenvalue weighted by molar-refractivity contribution is 0.0965. The van der Waals surface area contributed by atoms with Gasteiger partial charge in [0, 0.05) is 29.6 Å². The number of piperidine rings is 1. The van der Waals surface area contributed by atoms with E-state index >= 15 is 0 Å². The minimum Gasteiger partial charge on any atom is -0.508 e. The van der Waals surface area contributed by atoms with E-state index in [0.29, 0.717) is 30.2 Å². The van der Waals surface area contributed by atoms with Crippen molar-refractivity contribution in [3.05, 3.63) is 83.9 Å². The number of carbonyl (C=O) groups is 1. The Bertz CT molecular complexity index is 1450. The summed E-state index contributed by atoms with van der Waals surface area (Å²) in [7, 11) is 0. The Morgan fingerprint density at radius 3 is 2.42 bits per heavy atom. The fourth-order valence-corrected chi connectivity index (χ4v) is 5.22. The third kappa shape index (κ3) is 5.42. The number of halogens is 1. The van der Waals surface area contributed by atoms with Gasteiger partial charge in [0.05, 0.1) is 0 Å². The number of nitrogens with one attached hydrogen (secondary N) is 1. The molecule has 6 nitrogen and oxygen atoms in total. The Hall–Kier alpha value is -3.74. The highest BCUT2D eigenvalue weighted by molar-refractivity contribution is 6.00. The van der Waals surface area contributed by atoms with Gasteiger partial charge in [-0.25, -0.2) is 0 Å². The van der Waals surface area contributed by atoms with Crippen molar-refractivity contribution in [2.45, 2.75) is 25.8 Å². The van der Waals surface area contributed by atoms with Gasteiger partial charge in [0.25, 0.3) is 5.91 Å². The van der Waals surface area contributed by atoms with Crippen LogP contribution in [0.4, 0.5) is 0 Å². The van der Waals surface area contributed by atoms with Crippen molar-refractivity contribution in [2.75, 3.05) is 26.2 Å². The van der Waals surface area contributed by atoms with Crippen molar-refractivity contribution in [1.29, 1.82) is 0 Å². The second-order valence-corrected chi connectivity index (χ2v) is 9.73. The summed E-state index contributed by atoms with van der Waals surface area (Å²) >= 11 is 0. The molecule has 2 N–H and O–H groups in total. The first kappa shape index (κ1) is 25.9. The Morgan fingerprint density at radius 1 is 0.842 bits per heavy atom. The molecule has 0 aliphatic carbocycles. The van der Waals surface area contributed by atoms with Gasteiger partial charge in [0.1, 0.15) is 29.6 Å². The number of rotatable bonds is 7. The number of carbonyl (C=O) groups excluding carboxylic acids is 1. The minimum absolute atomic E-state index is 0. The number of benzene rings is 4. The lowest BCUT2D eigenvalue weighted by atomic mass is 9.96. The molecule has 0 radical (unpaired) electrons. The summed E-state index contributed by atoms with van der Waals surface area (Å²) in [6, 6.07) is 22.8. The maximum Gasteiger partial charge on any atom is 0.251 e. The van der Waals surface area contributed by atoms with Crippen LogP contribution in [0.15, 0.2) is 72.8 Å². The summed E-state index contributed by atoms with van der Waals surface area (Å²) in [5.41, 5.74) is 3.58. The maximum atomic E-state index is 12.0. The van der Waals surface area contributed by atoms with Gasteiger partial charge >= 0.3 is 0 Å². The minimum atomic E-state index is -0.0368. The fraction of sp³-hybridized carbons (Fsp3) is 0.258. The number of hydrogen-bond donors (Lipinski definition) is 2. The molecular formula is C31H31ClN2O4. The first-order valence-electron chi connectivity index (χ1n) is 12.9. The quantitative estimate of drug-likeness (QED) is 0.284. The number of likely N-dealkylation sites (tertiary alicyclic amines) is 1. The Kier molecular flexibility index (Phi) is 7.72. The normalized spacial score (nSPS) is 15.0. The summed E-state index contributed by atoms with van der Waals surface area (Å²) < 4.78 is 12.5. The predicted molar refractivity (Wildman–Crippen MR) is 152 cm³/mol. The summed E-state index contributed by atoms with van der Waals surface area (Å²) in [4.78, 5) is 14.5. The van der Waals surface area contributed by atoms with Crippen LogP contribution in [0.5, 0.6) is 23.0 Å². The summed E-state index contributed by atoms with van der Waals surface area (Å²) in [5, 5.41) is 14.7. The van der Waals surface area contributed by atoms with Crippen LogP contribution in [-0.2, 0) is 6.54 Å². The van der Waals surface area contributed by atoms with Crippen LogP contribution in [0.3, 0.4) is 0 Å². The van der Waals surface area contributed by atoms with E-state index in [2.05, 4.69) is 10.2 Å². The average Bonchev–Trinajstić information content (AvgIpc) is 3.30. The number of amides is 1. The Morgan fingerprint density at radius 2 is 1.61 bits per heavy atom. The first-order chi connectivity index (χ1) is 18.1. The van der Waals surface area contributed by atoms with E-state index in [1.54, 1.807) is 12.1 Å². The molecule has 2 heterocycles. The second kappa shape index (κ2) is 11.3. The molecule has 4 aromatic carbocycles. The molecule has 6 rings (SSSR count). The summed E-state index contributed by atoms with van der Waals surface area (Å²) in [5.74, 6) is 2.39. The van der Waals surface area contributed by atoms with Crippen molar-refractivity contribution >= 4 is 29.1 Å². The molecule has 0 aromatic heterocycles. The number of phenolic OH excluding ortho intramolecular Hbond substituents is 1. The molecule has 0 bridgehead atoms. The van der Waals surface area contributed by atoms with Gasteiger partial charge in [-0.3, -0.25) is 9.69 Å². The largest absolute Gasteiger partial charge is 0.508 e. The van der Waals surface area contributed by atoms with Crippen molar-refractivity contribution in [3.63, 3.8) is 0 Å². The molecule has 1 fully saturated rings. The standard InChI is InChI=1S/C31H30N2O4.ClH/c34-24-6-13-28-22(19-24)4-11-27(21-5-12-29-23(18-21)20-32-31(29)35)30(28)37-26-9-7-25(8-10-26)36-17-16-33-14-2-1-3-15-33;/h4-13,18-19,34H,1-3,14-17,20H2,(H,32,35);1H. The molecule has 2 aliphatic heterocycles. The summed E-state index contributed by atoms with van der Waals surface area (Å²) in [6.07, 6.45) is 3.90. The van der Waals surface area contributed by atoms with E-state index < -0.39 is 0 Å². The van der Waals surface area contributed by atoms with Crippen LogP contribution in [0.25, 0.3) is 21.9 Å². The van der Waals surface area contributed by atoms with Crippen molar-refractivity contribution < 1.29 is 19.4 Å². The van der Waals surface area contributed by atoms with E-state index in [4.69, 9.17) is 9.47 Å². The van der Waals surface area contributed by atoms with E-state index in [1.165, 1.54) is 19.3 Å². The maximum absolute atomic E-state index is 12.0. The first-order valence-corrected chi connectivity index (χ1v) is 12.9. The monoisotopic (exact) mass is 530 g/mol. The van der Waals surface area contributed by atoms with Gasteiger partial charge in [0.15, 0.2) is 0 Å². The van der Waals surface area contributed by atoms with Crippen LogP contribution in [0.1, 0.15) is 35.2 Å². The topological polar surface area (TPSA) is 71.0 Å². The zero-order chi connectivity index (χ0) is 25.2. The molecule has 1 saturated heterocycles. The lowest BCUT2D eigenvalue weighted by Gasteiger charge is -2.26. The molecule has 0 unspecified atom stereocenters. The SMILES string of the molecule is Cl.O=C1NCc2cc(-c3ccc4cc(O)ccc4c3Oc3ccc(OCCN4CCCCC4)cc3)ccc21. The summed E-state index contributed by atoms with van der Waals surface area (Å²) in [6.45, 7) is 4.48. The zero-order valence-electron chi connectivity index (χ0n) is 21.1. The number of nitrogens with zero attached hydrogens (tertiary/aromatic N) is 1. The Labute approximate surface area is 228 Å². The lowest BCUT2D eigenvalue weighted by Crippen LogP contribution is -2.33. The van der Waals surface area contributed by atoms with Gasteiger partial charge in [-0.05, 0) is 103 Å². The molecule has 38 heavy (non-hydrogen) atoms. The van der Waals surface area contributed by atoms with Gasteiger partial charge in [-0.1, -0.05) is 18.6 Å². The zero-order valence-corrected chi connectivity index (χ0v) is 21.9. The van der Waals surface area contributed by atoms with Crippen molar-refractivity contribution in [1.82, 2.24) is 10.2 Å². The van der Waals surface area contributed by atoms with Gasteiger partial charge < -0.3 is 19.9 Å². The molecule has 1 amide bonds. The van der Waals surface area contributed by atoms with Gasteiger partial charge in [0.2, 0.25) is 0 Å². The average molecular weight is 531 g/mol. The third-order valence-electron chi connectivity index (χ3n) is 7.22. The highest BCUT2D eigenvalue weighted by atomic mass is 35.5. The van der Waals surface area contributed by atoms with Crippen LogP contribution < -0.4 is 14.8 Å². The molecule has 0 saturated carbocycles. The molecule has 2 aliphatic rings. The van der Waals surface area contributed by atoms with E-state index in [0.717, 1.165) is 52.8 Å². The smallest absolute Gasteiger partial charge is 0.251 e. The molecule has 0 spiro atoms. The second-order valence-electron chi connectivity index (χ2n) is 9.73. The number of ether oxygens (including phenoxy) is 2. The Balaban J connectivity index is 0.00000294. The molecular weight excluding hydrogens is 500 g/mol. The number of phenols is 1. The highest BCUT2D eigenvalue weighted by Gasteiger charge is 2.20. The van der Waals surface area contributed by atoms with Crippen molar-refractivity contribution in [2.24, 2.45) is 0 Å². The predicted octanol–water partition coefficient (Wildman–Crippen LogP) is 6.53. The van der Waals surface area contributed by atoms with E-state index in [1.807, 2.05) is 60.7 Å². The third-order valence-corrected chi connectivity index (χ3v) is 7.22. The van der Waals surface area contributed by atoms with Gasteiger partial charge in [-0.15, -0.1) is 12.4 Å². The van der Waals surface area contributed by atoms with Gasteiger partial charge in [-0.2, -0.15) is 0 Å². The van der Waals surface area contributed by atoms with Crippen LogP contribution >= 0.6 is 12.4 Å². The van der Waals surface area contributed by atoms with Crippen LogP contribution in [0, 0.1) is 0 Å². The van der Waals surface area contributed by atoms with Crippen LogP contribution in [-0.4, -0.2) is 42.2 Å². The number of aromatic hydroxyl groups is 1. The molecule has 196 valence electrons. The highest BCUT2D eigenvalue weighted by Crippen LogP contribution is 2.41.